The lowest BCUT2D eigenvalue weighted by Gasteiger charge is -2.43. The van der Waals surface area contributed by atoms with Crippen LogP contribution in [0.25, 0.3) is 44.5 Å². The molecule has 0 bridgehead atoms. The van der Waals surface area contributed by atoms with Crippen LogP contribution in [-0.4, -0.2) is 6.71 Å². The zero-order chi connectivity index (χ0) is 53.2. The maximum absolute atomic E-state index is 2.71. The minimum Gasteiger partial charge on any atom is -0.310 e. The molecule has 17 rings (SSSR count). The van der Waals surface area contributed by atoms with E-state index < -0.39 is 10.8 Å². The summed E-state index contributed by atoms with van der Waals surface area (Å²) in [7, 11) is 0. The Morgan fingerprint density at radius 1 is 0.367 bits per heavy atom. The van der Waals surface area contributed by atoms with E-state index >= 15 is 0 Å². The van der Waals surface area contributed by atoms with Gasteiger partial charge in [-0.1, -0.05) is 211 Å². The van der Waals surface area contributed by atoms with Gasteiger partial charge in [0.2, 0.25) is 0 Å². The second kappa shape index (κ2) is 15.4. The normalized spacial score (nSPS) is 15.5. The number of nitrogens with zero attached hydrogens (tertiary/aromatic N) is 2. The van der Waals surface area contributed by atoms with E-state index in [1.54, 1.807) is 0 Å². The largest absolute Gasteiger partial charge is 0.310 e. The number of benzene rings is 9. The number of hydrogen-bond acceptors (Lipinski definition) is 4. The van der Waals surface area contributed by atoms with E-state index in [1.165, 1.54) is 159 Å². The highest BCUT2D eigenvalue weighted by molar-refractivity contribution is 7.37. The van der Waals surface area contributed by atoms with E-state index in [2.05, 4.69) is 288 Å². The molecule has 0 amide bonds. The van der Waals surface area contributed by atoms with Crippen LogP contribution in [-0.2, 0) is 21.7 Å². The smallest absolute Gasteiger partial charge is 0.277 e. The average molecular weight is 1050 g/mol. The molecule has 4 heterocycles. The molecule has 79 heavy (non-hydrogen) atoms. The molecule has 5 heteroatoms. The first-order valence-electron chi connectivity index (χ1n) is 28.2. The Bertz CT molecular complexity index is 4410. The van der Waals surface area contributed by atoms with Crippen molar-refractivity contribution in [2.75, 3.05) is 9.80 Å². The highest BCUT2D eigenvalue weighted by atomic mass is 32.1. The summed E-state index contributed by atoms with van der Waals surface area (Å²) in [6.07, 6.45) is 0. The third-order valence-corrected chi connectivity index (χ3v) is 21.6. The van der Waals surface area contributed by atoms with Gasteiger partial charge in [0.1, 0.15) is 0 Å². The Hall–Kier alpha value is -7.96. The van der Waals surface area contributed by atoms with Crippen molar-refractivity contribution in [1.29, 1.82) is 0 Å². The van der Waals surface area contributed by atoms with Crippen LogP contribution in [0, 0.1) is 13.8 Å². The molecule has 2 aromatic heterocycles. The van der Waals surface area contributed by atoms with Gasteiger partial charge in [-0.05, 0) is 150 Å². The Labute approximate surface area is 472 Å². The summed E-state index contributed by atoms with van der Waals surface area (Å²) in [5, 5.41) is 0. The molecule has 0 fully saturated rings. The minimum absolute atomic E-state index is 0.00296. The Balaban J connectivity index is 1.04. The molecule has 0 N–H and O–H groups in total. The summed E-state index contributed by atoms with van der Waals surface area (Å²) in [5.74, 6) is 0. The van der Waals surface area contributed by atoms with Gasteiger partial charge in [-0.3, -0.25) is 0 Å². The molecule has 2 nitrogen and oxygen atoms in total. The van der Waals surface area contributed by atoms with Crippen molar-refractivity contribution in [3.8, 4) is 44.5 Å². The van der Waals surface area contributed by atoms with Crippen LogP contribution in [0.3, 0.4) is 0 Å². The number of aryl methyl sites for hydroxylation is 2. The lowest BCUT2D eigenvalue weighted by Crippen LogP contribution is -2.59. The SMILES string of the molecule is Cc1ccc(N2c3cc(C)cc4c3B(c3sc5c(c32)-c2ccccc2C52c3ccccc3-c3ccccc32)c2sc3c(c2N4c2ccc(C(C)(C)C)cc2)-c2ccc(C(C)(C)C)cc2C32c3ccccc3-c3ccccc32)cc1. The summed E-state index contributed by atoms with van der Waals surface area (Å²) in [4.78, 5) is 8.27. The van der Waals surface area contributed by atoms with Gasteiger partial charge in [-0.2, -0.15) is 0 Å². The van der Waals surface area contributed by atoms with Gasteiger partial charge >= 0.3 is 0 Å². The number of fused-ring (bicyclic) bond motifs is 26. The molecule has 0 radical (unpaired) electrons. The molecule has 0 atom stereocenters. The lowest BCUT2D eigenvalue weighted by atomic mass is 9.39. The van der Waals surface area contributed by atoms with E-state index in [4.69, 9.17) is 0 Å². The molecule has 378 valence electrons. The van der Waals surface area contributed by atoms with Crippen molar-refractivity contribution < 1.29 is 0 Å². The zero-order valence-electron chi connectivity index (χ0n) is 45.8. The molecule has 9 aromatic carbocycles. The molecule has 6 aliphatic rings. The van der Waals surface area contributed by atoms with E-state index in [0.717, 1.165) is 0 Å². The predicted molar refractivity (Wildman–Crippen MR) is 336 cm³/mol. The lowest BCUT2D eigenvalue weighted by molar-refractivity contribution is 0.588. The third-order valence-electron chi connectivity index (χ3n) is 18.9. The summed E-state index contributed by atoms with van der Waals surface area (Å²) < 4.78 is 2.85. The van der Waals surface area contributed by atoms with Crippen LogP contribution in [0.15, 0.2) is 200 Å². The van der Waals surface area contributed by atoms with Crippen LogP contribution < -0.4 is 24.8 Å². The summed E-state index contributed by atoms with van der Waals surface area (Å²) >= 11 is 4.20. The second-order valence-corrected chi connectivity index (χ2v) is 27.3. The standard InChI is InChI=1S/C74H57BN2S2/c1-42-29-34-46(35-30-42)76-60-39-43(2)40-61-64(60)75(69-65(76)62-52-23-13-18-28-58(52)73(67(62)78-69)54-24-14-9-19-48(54)49-20-10-15-25-55(49)73)70-66(77(61)47-36-31-44(32-37-47)71(3,4)5)63-53-38-33-45(72(6,7)8)41-59(53)74(68(63)79-70)56-26-16-11-21-50(56)51-22-12-17-27-57(51)74/h9-41H,1-8H3. The fraction of sp³-hybridized carbons (Fsp3) is 0.162. The molecule has 0 saturated heterocycles. The first kappa shape index (κ1) is 46.0. The highest BCUT2D eigenvalue weighted by Crippen LogP contribution is 2.70. The van der Waals surface area contributed by atoms with E-state index in [1.807, 2.05) is 0 Å². The van der Waals surface area contributed by atoms with E-state index in [0.29, 0.717) is 0 Å². The molecule has 2 aliphatic heterocycles. The second-order valence-electron chi connectivity index (χ2n) is 25.2. The van der Waals surface area contributed by atoms with Gasteiger partial charge in [-0.15, -0.1) is 22.7 Å². The first-order chi connectivity index (χ1) is 38.3. The zero-order valence-corrected chi connectivity index (χ0v) is 47.5. The van der Waals surface area contributed by atoms with Crippen LogP contribution in [0.1, 0.15) is 107 Å². The van der Waals surface area contributed by atoms with Crippen molar-refractivity contribution in [2.45, 2.75) is 77.0 Å². The fourth-order valence-corrected chi connectivity index (χ4v) is 18.9. The quantitative estimate of drug-likeness (QED) is 0.159. The topological polar surface area (TPSA) is 6.48 Å². The van der Waals surface area contributed by atoms with E-state index in [9.17, 15) is 0 Å². The van der Waals surface area contributed by atoms with E-state index in [-0.39, 0.29) is 17.5 Å². The third kappa shape index (κ3) is 5.63. The fourth-order valence-electron chi connectivity index (χ4n) is 15.5. The molecule has 11 aromatic rings. The Morgan fingerprint density at radius 2 is 0.734 bits per heavy atom. The number of rotatable bonds is 2. The maximum Gasteiger partial charge on any atom is 0.277 e. The number of thiophene rings is 2. The van der Waals surface area contributed by atoms with Crippen molar-refractivity contribution in [3.05, 3.63) is 266 Å². The Kier molecular flexibility index (Phi) is 8.99. The molecular formula is C74H57BN2S2. The van der Waals surface area contributed by atoms with Gasteiger partial charge in [0, 0.05) is 53.2 Å². The number of hydrogen-bond donors (Lipinski definition) is 0. The van der Waals surface area contributed by atoms with Gasteiger partial charge in [0.25, 0.3) is 6.71 Å². The molecule has 0 unspecified atom stereocenters. The van der Waals surface area contributed by atoms with Crippen molar-refractivity contribution in [2.24, 2.45) is 0 Å². The van der Waals surface area contributed by atoms with Crippen LogP contribution in [0.5, 0.6) is 0 Å². The van der Waals surface area contributed by atoms with Crippen LogP contribution in [0.2, 0.25) is 0 Å². The van der Waals surface area contributed by atoms with Crippen molar-refractivity contribution >= 4 is 78.5 Å². The summed E-state index contributed by atoms with van der Waals surface area (Å²) in [5.41, 5.74) is 32.2. The van der Waals surface area contributed by atoms with Gasteiger partial charge in [0.15, 0.2) is 0 Å². The average Bonchev–Trinajstić information content (AvgIpc) is 1.75. The predicted octanol–water partition coefficient (Wildman–Crippen LogP) is 17.8. The number of anilines is 6. The van der Waals surface area contributed by atoms with Crippen LogP contribution in [0.4, 0.5) is 34.1 Å². The monoisotopic (exact) mass is 1050 g/mol. The molecule has 4 aliphatic carbocycles. The molecule has 0 saturated carbocycles. The Morgan fingerprint density at radius 3 is 1.18 bits per heavy atom. The van der Waals surface area contributed by atoms with Crippen LogP contribution >= 0.6 is 22.7 Å². The summed E-state index contributed by atoms with van der Waals surface area (Å²) in [6, 6.07) is 78.2. The molecular weight excluding hydrogens is 992 g/mol. The first-order valence-corrected chi connectivity index (χ1v) is 29.8. The van der Waals surface area contributed by atoms with Gasteiger partial charge < -0.3 is 9.80 Å². The van der Waals surface area contributed by atoms with Crippen molar-refractivity contribution in [3.63, 3.8) is 0 Å². The van der Waals surface area contributed by atoms with Gasteiger partial charge in [0.05, 0.1) is 22.2 Å². The minimum atomic E-state index is -0.517. The van der Waals surface area contributed by atoms with Gasteiger partial charge in [-0.25, -0.2) is 0 Å². The highest BCUT2D eigenvalue weighted by Gasteiger charge is 2.60. The maximum atomic E-state index is 2.71. The summed E-state index contributed by atoms with van der Waals surface area (Å²) in [6.45, 7) is 18.6. The molecule has 2 spiro atoms. The van der Waals surface area contributed by atoms with Crippen molar-refractivity contribution in [1.82, 2.24) is 0 Å².